The Bertz CT molecular complexity index is 580. The van der Waals surface area contributed by atoms with Crippen LogP contribution in [0.2, 0.25) is 0 Å². The number of carboxylic acids is 1. The van der Waals surface area contributed by atoms with Gasteiger partial charge in [-0.3, -0.25) is 0 Å². The Morgan fingerprint density at radius 1 is 1.53 bits per heavy atom. The minimum absolute atomic E-state index is 0.0661. The van der Waals surface area contributed by atoms with Crippen molar-refractivity contribution in [3.05, 3.63) is 27.4 Å². The van der Waals surface area contributed by atoms with Crippen LogP contribution < -0.4 is 9.68 Å². The van der Waals surface area contributed by atoms with E-state index in [-0.39, 0.29) is 16.9 Å². The molecule has 1 aromatic heterocycles. The highest BCUT2D eigenvalue weighted by Gasteiger charge is 2.13. The highest BCUT2D eigenvalue weighted by atomic mass is 32.1. The molecule has 2 rings (SSSR count). The quantitative estimate of drug-likeness (QED) is 0.840. The number of rotatable bonds is 2. The lowest BCUT2D eigenvalue weighted by Gasteiger charge is -2.01. The normalized spacial score (nSPS) is 10.5. The van der Waals surface area contributed by atoms with E-state index < -0.39 is 10.9 Å². The second-order valence-corrected chi connectivity index (χ2v) is 3.74. The van der Waals surface area contributed by atoms with Gasteiger partial charge in [0.2, 0.25) is 0 Å². The van der Waals surface area contributed by atoms with E-state index in [0.717, 1.165) is 11.3 Å². The number of methoxy groups -OCH3 is 1. The lowest BCUT2D eigenvalue weighted by Crippen LogP contribution is -1.96. The zero-order valence-electron chi connectivity index (χ0n) is 7.64. The van der Waals surface area contributed by atoms with E-state index >= 15 is 0 Å². The summed E-state index contributed by atoms with van der Waals surface area (Å²) >= 11 is 0.848. The zero-order chi connectivity index (χ0) is 11.0. The molecule has 2 aromatic rings. The first-order valence-electron chi connectivity index (χ1n) is 3.97. The molecule has 0 spiro atoms. The van der Waals surface area contributed by atoms with Gasteiger partial charge in [0.1, 0.15) is 0 Å². The molecule has 0 bridgehead atoms. The topological polar surface area (TPSA) is 76.7 Å². The van der Waals surface area contributed by atoms with Crippen molar-refractivity contribution in [3.63, 3.8) is 0 Å². The van der Waals surface area contributed by atoms with Gasteiger partial charge in [-0.1, -0.05) is 11.3 Å². The summed E-state index contributed by atoms with van der Waals surface area (Å²) in [7, 11) is 1.39. The molecule has 0 fully saturated rings. The van der Waals surface area contributed by atoms with Crippen molar-refractivity contribution in [3.8, 4) is 5.75 Å². The highest BCUT2D eigenvalue weighted by Crippen LogP contribution is 2.29. The van der Waals surface area contributed by atoms with Crippen molar-refractivity contribution in [2.75, 3.05) is 7.11 Å². The lowest BCUT2D eigenvalue weighted by molar-refractivity contribution is 0.0696. The average molecular weight is 226 g/mol. The minimum atomic E-state index is -1.07. The SMILES string of the molecule is COc1cc(C(=O)O)cc2sc(=O)oc12. The number of benzene rings is 1. The fraction of sp³-hybridized carbons (Fsp3) is 0.111. The molecule has 0 radical (unpaired) electrons. The fourth-order valence-electron chi connectivity index (χ4n) is 1.22. The third-order valence-electron chi connectivity index (χ3n) is 1.87. The molecular weight excluding hydrogens is 220 g/mol. The average Bonchev–Trinajstić information content (AvgIpc) is 2.56. The summed E-state index contributed by atoms with van der Waals surface area (Å²) in [4.78, 5) is 21.3. The number of carbonyl (C=O) groups is 1. The van der Waals surface area contributed by atoms with Gasteiger partial charge in [0, 0.05) is 0 Å². The second kappa shape index (κ2) is 3.39. The van der Waals surface area contributed by atoms with Crippen LogP contribution in [-0.2, 0) is 0 Å². The van der Waals surface area contributed by atoms with Gasteiger partial charge in [-0.05, 0) is 12.1 Å². The predicted octanol–water partition coefficient (Wildman–Crippen LogP) is 1.56. The van der Waals surface area contributed by atoms with Gasteiger partial charge in [-0.25, -0.2) is 9.59 Å². The van der Waals surface area contributed by atoms with Crippen LogP contribution in [0.15, 0.2) is 21.3 Å². The van der Waals surface area contributed by atoms with Gasteiger partial charge in [0.05, 0.1) is 17.4 Å². The van der Waals surface area contributed by atoms with Gasteiger partial charge in [-0.2, -0.15) is 0 Å². The smallest absolute Gasteiger partial charge is 0.396 e. The number of ether oxygens (including phenoxy) is 1. The molecule has 78 valence electrons. The molecule has 0 aliphatic rings. The first kappa shape index (κ1) is 9.72. The van der Waals surface area contributed by atoms with Crippen LogP contribution in [-0.4, -0.2) is 18.2 Å². The summed E-state index contributed by atoms with van der Waals surface area (Å²) < 4.78 is 10.3. The monoisotopic (exact) mass is 226 g/mol. The number of hydrogen-bond donors (Lipinski definition) is 1. The van der Waals surface area contributed by atoms with E-state index in [4.69, 9.17) is 14.3 Å². The van der Waals surface area contributed by atoms with Gasteiger partial charge in [-0.15, -0.1) is 0 Å². The molecule has 0 saturated heterocycles. The second-order valence-electron chi connectivity index (χ2n) is 2.77. The number of aromatic carboxylic acids is 1. The molecular formula is C9H6O5S. The standard InChI is InChI=1S/C9H6O5S/c1-13-5-2-4(8(10)11)3-6-7(5)14-9(12)15-6/h2-3H,1H3,(H,10,11). The van der Waals surface area contributed by atoms with E-state index in [1.54, 1.807) is 0 Å². The van der Waals surface area contributed by atoms with Crippen molar-refractivity contribution < 1.29 is 19.1 Å². The summed E-state index contributed by atoms with van der Waals surface area (Å²) in [5, 5.41) is 8.81. The van der Waals surface area contributed by atoms with Gasteiger partial charge in [0.15, 0.2) is 11.3 Å². The molecule has 15 heavy (non-hydrogen) atoms. The van der Waals surface area contributed by atoms with E-state index in [9.17, 15) is 9.59 Å². The zero-order valence-corrected chi connectivity index (χ0v) is 8.46. The van der Waals surface area contributed by atoms with Gasteiger partial charge >= 0.3 is 10.9 Å². The van der Waals surface area contributed by atoms with Crippen molar-refractivity contribution in [2.24, 2.45) is 0 Å². The number of carboxylic acid groups (broad SMARTS) is 1. The maximum absolute atomic E-state index is 11.0. The molecule has 1 heterocycles. The summed E-state index contributed by atoms with van der Waals surface area (Å²) in [6.45, 7) is 0. The Morgan fingerprint density at radius 2 is 2.27 bits per heavy atom. The van der Waals surface area contributed by atoms with Crippen LogP contribution in [0.1, 0.15) is 10.4 Å². The largest absolute Gasteiger partial charge is 0.493 e. The van der Waals surface area contributed by atoms with Gasteiger partial charge in [0.25, 0.3) is 0 Å². The van der Waals surface area contributed by atoms with Crippen molar-refractivity contribution in [2.45, 2.75) is 0 Å². The van der Waals surface area contributed by atoms with E-state index in [0.29, 0.717) is 4.70 Å². The summed E-state index contributed by atoms with van der Waals surface area (Å²) in [5.74, 6) is -0.820. The Hall–Kier alpha value is -1.82. The Morgan fingerprint density at radius 3 is 2.87 bits per heavy atom. The lowest BCUT2D eigenvalue weighted by atomic mass is 10.2. The van der Waals surface area contributed by atoms with E-state index in [1.807, 2.05) is 0 Å². The Kier molecular flexibility index (Phi) is 2.20. The van der Waals surface area contributed by atoms with E-state index in [1.165, 1.54) is 19.2 Å². The molecule has 0 aliphatic carbocycles. The van der Waals surface area contributed by atoms with Crippen LogP contribution in [0.3, 0.4) is 0 Å². The molecule has 1 aromatic carbocycles. The molecule has 0 saturated carbocycles. The van der Waals surface area contributed by atoms with Crippen molar-refractivity contribution in [1.29, 1.82) is 0 Å². The molecule has 5 nitrogen and oxygen atoms in total. The maximum Gasteiger partial charge on any atom is 0.396 e. The molecule has 0 amide bonds. The molecule has 6 heteroatoms. The van der Waals surface area contributed by atoms with Crippen LogP contribution in [0.25, 0.3) is 10.3 Å². The van der Waals surface area contributed by atoms with Crippen LogP contribution in [0.5, 0.6) is 5.75 Å². The maximum atomic E-state index is 11.0. The Labute approximate surface area is 87.5 Å². The predicted molar refractivity (Wildman–Crippen MR) is 53.9 cm³/mol. The van der Waals surface area contributed by atoms with Crippen molar-refractivity contribution >= 4 is 27.6 Å². The number of hydrogen-bond acceptors (Lipinski definition) is 5. The third-order valence-corrected chi connectivity index (χ3v) is 2.64. The summed E-state index contributed by atoms with van der Waals surface area (Å²) in [5.41, 5.74) is 0.355. The first-order chi connectivity index (χ1) is 7.11. The van der Waals surface area contributed by atoms with Crippen LogP contribution >= 0.6 is 11.3 Å². The molecule has 0 unspecified atom stereocenters. The highest BCUT2D eigenvalue weighted by molar-refractivity contribution is 7.16. The minimum Gasteiger partial charge on any atom is -0.493 e. The first-order valence-corrected chi connectivity index (χ1v) is 4.78. The fourth-order valence-corrected chi connectivity index (χ4v) is 1.95. The van der Waals surface area contributed by atoms with Crippen LogP contribution in [0, 0.1) is 0 Å². The third kappa shape index (κ3) is 1.59. The Balaban J connectivity index is 2.81. The van der Waals surface area contributed by atoms with Crippen molar-refractivity contribution in [1.82, 2.24) is 0 Å². The van der Waals surface area contributed by atoms with Gasteiger partial charge < -0.3 is 14.3 Å². The summed E-state index contributed by atoms with van der Waals surface area (Å²) in [6, 6.07) is 2.70. The van der Waals surface area contributed by atoms with E-state index in [2.05, 4.69) is 0 Å². The molecule has 0 atom stereocenters. The molecule has 0 aliphatic heterocycles. The number of fused-ring (bicyclic) bond motifs is 1. The van der Waals surface area contributed by atoms with Crippen LogP contribution in [0.4, 0.5) is 0 Å². The summed E-state index contributed by atoms with van der Waals surface area (Å²) in [6.07, 6.45) is 0. The molecule has 1 N–H and O–H groups in total.